The number of hydrogen-bond acceptors (Lipinski definition) is 3. The van der Waals surface area contributed by atoms with Crippen molar-refractivity contribution in [1.29, 1.82) is 0 Å². The van der Waals surface area contributed by atoms with Gasteiger partial charge in [-0.1, -0.05) is 6.07 Å². The summed E-state index contributed by atoms with van der Waals surface area (Å²) >= 11 is 0. The molecule has 6 nitrogen and oxygen atoms in total. The molecule has 0 radical (unpaired) electrons. The molecule has 1 aromatic carbocycles. The fourth-order valence-corrected chi connectivity index (χ4v) is 2.41. The molecule has 0 spiro atoms. The molecule has 6 heteroatoms. The molecule has 3 rings (SSSR count). The van der Waals surface area contributed by atoms with Gasteiger partial charge in [0.25, 0.3) is 11.8 Å². The normalized spacial score (nSPS) is 13.4. The zero-order chi connectivity index (χ0) is 17.3. The zero-order valence-corrected chi connectivity index (χ0v) is 13.6. The molecule has 124 valence electrons. The minimum Gasteiger partial charge on any atom is -0.349 e. The van der Waals surface area contributed by atoms with Gasteiger partial charge in [-0.25, -0.2) is 0 Å². The molecule has 2 N–H and O–H groups in total. The van der Waals surface area contributed by atoms with E-state index in [1.807, 2.05) is 0 Å². The van der Waals surface area contributed by atoms with Crippen molar-refractivity contribution in [3.8, 4) is 0 Å². The lowest BCUT2D eigenvalue weighted by molar-refractivity contribution is 0.0948. The fraction of sp³-hybridized carbons (Fsp3) is 0.278. The van der Waals surface area contributed by atoms with E-state index in [2.05, 4.69) is 10.6 Å². The van der Waals surface area contributed by atoms with Crippen LogP contribution in [0.5, 0.6) is 0 Å². The van der Waals surface area contributed by atoms with E-state index < -0.39 is 0 Å². The van der Waals surface area contributed by atoms with Crippen LogP contribution in [0.25, 0.3) is 0 Å². The molecule has 1 aliphatic carbocycles. The number of benzene rings is 1. The van der Waals surface area contributed by atoms with Crippen molar-refractivity contribution in [2.45, 2.75) is 25.8 Å². The Morgan fingerprint density at radius 1 is 1.08 bits per heavy atom. The topological polar surface area (TPSA) is 80.2 Å². The van der Waals surface area contributed by atoms with E-state index in [1.54, 1.807) is 48.1 Å². The predicted molar refractivity (Wildman–Crippen MR) is 90.3 cm³/mol. The van der Waals surface area contributed by atoms with Crippen molar-refractivity contribution in [2.75, 3.05) is 5.32 Å². The second-order valence-corrected chi connectivity index (χ2v) is 6.06. The Labute approximate surface area is 139 Å². The van der Waals surface area contributed by atoms with Gasteiger partial charge in [0.05, 0.1) is 0 Å². The Bertz CT molecular complexity index is 819. The summed E-state index contributed by atoms with van der Waals surface area (Å²) in [5.74, 6) is -0.556. The Morgan fingerprint density at radius 2 is 1.83 bits per heavy atom. The van der Waals surface area contributed by atoms with Gasteiger partial charge < -0.3 is 15.2 Å². The number of amides is 2. The summed E-state index contributed by atoms with van der Waals surface area (Å²) in [5, 5.41) is 5.68. The summed E-state index contributed by atoms with van der Waals surface area (Å²) in [6.45, 7) is 1.46. The number of nitrogens with zero attached hydrogens (tertiary/aromatic N) is 1. The molecule has 1 aromatic heterocycles. The first-order valence-corrected chi connectivity index (χ1v) is 7.83. The standard InChI is InChI=1S/C18H19N3O3/c1-11(22)13-9-16(21(2)10-13)18(24)20-15-5-3-4-12(8-15)17(23)19-14-6-7-14/h3-5,8-10,14H,6-7H2,1-2H3,(H,19,23)(H,20,24). The first-order chi connectivity index (χ1) is 11.4. The third-order valence-electron chi connectivity index (χ3n) is 3.94. The van der Waals surface area contributed by atoms with Crippen LogP contribution in [0.15, 0.2) is 36.5 Å². The van der Waals surface area contributed by atoms with E-state index >= 15 is 0 Å². The number of aryl methyl sites for hydroxylation is 1. The number of carbonyl (C=O) groups is 3. The molecule has 0 bridgehead atoms. The van der Waals surface area contributed by atoms with Crippen molar-refractivity contribution >= 4 is 23.3 Å². The van der Waals surface area contributed by atoms with Gasteiger partial charge in [-0.05, 0) is 44.0 Å². The summed E-state index contributed by atoms with van der Waals surface area (Å²) in [6, 6.07) is 8.64. The maximum absolute atomic E-state index is 12.4. The van der Waals surface area contributed by atoms with Crippen LogP contribution < -0.4 is 10.6 Å². The summed E-state index contributed by atoms with van der Waals surface area (Å²) < 4.78 is 1.61. The van der Waals surface area contributed by atoms with Crippen LogP contribution in [0.4, 0.5) is 5.69 Å². The Balaban J connectivity index is 1.74. The van der Waals surface area contributed by atoms with E-state index in [1.165, 1.54) is 6.92 Å². The molecule has 2 aromatic rings. The van der Waals surface area contributed by atoms with Gasteiger partial charge in [-0.15, -0.1) is 0 Å². The van der Waals surface area contributed by atoms with Gasteiger partial charge in [0.1, 0.15) is 5.69 Å². The highest BCUT2D eigenvalue weighted by Crippen LogP contribution is 2.20. The van der Waals surface area contributed by atoms with Gasteiger partial charge in [-0.3, -0.25) is 14.4 Å². The summed E-state index contributed by atoms with van der Waals surface area (Å²) in [5.41, 5.74) is 1.92. The molecule has 2 amide bonds. The average Bonchev–Trinajstić information content (AvgIpc) is 3.26. The van der Waals surface area contributed by atoms with Crippen LogP contribution in [0, 0.1) is 0 Å². The van der Waals surface area contributed by atoms with E-state index in [0.29, 0.717) is 22.5 Å². The molecule has 24 heavy (non-hydrogen) atoms. The number of anilines is 1. The monoisotopic (exact) mass is 325 g/mol. The third-order valence-corrected chi connectivity index (χ3v) is 3.94. The molecule has 0 saturated heterocycles. The molecular formula is C18H19N3O3. The van der Waals surface area contributed by atoms with Crippen LogP contribution in [0.2, 0.25) is 0 Å². The Hall–Kier alpha value is -2.89. The van der Waals surface area contributed by atoms with Crippen molar-refractivity contribution in [1.82, 2.24) is 9.88 Å². The van der Waals surface area contributed by atoms with Gasteiger partial charge in [0, 0.05) is 36.1 Å². The van der Waals surface area contributed by atoms with E-state index in [0.717, 1.165) is 12.8 Å². The van der Waals surface area contributed by atoms with E-state index in [-0.39, 0.29) is 23.6 Å². The minimum atomic E-state index is -0.329. The second-order valence-electron chi connectivity index (χ2n) is 6.06. The van der Waals surface area contributed by atoms with Crippen LogP contribution in [-0.2, 0) is 7.05 Å². The molecule has 0 atom stereocenters. The highest BCUT2D eigenvalue weighted by atomic mass is 16.2. The third kappa shape index (κ3) is 3.53. The average molecular weight is 325 g/mol. The predicted octanol–water partition coefficient (Wildman–Crippen LogP) is 2.37. The van der Waals surface area contributed by atoms with Crippen molar-refractivity contribution < 1.29 is 14.4 Å². The lowest BCUT2D eigenvalue weighted by Crippen LogP contribution is -2.25. The number of carbonyl (C=O) groups excluding carboxylic acids is 3. The minimum absolute atomic E-state index is 0.0941. The van der Waals surface area contributed by atoms with Crippen LogP contribution >= 0.6 is 0 Å². The Morgan fingerprint density at radius 3 is 2.46 bits per heavy atom. The van der Waals surface area contributed by atoms with E-state index in [9.17, 15) is 14.4 Å². The number of aromatic nitrogens is 1. The van der Waals surface area contributed by atoms with Gasteiger partial charge in [-0.2, -0.15) is 0 Å². The number of ketones is 1. The molecule has 0 aliphatic heterocycles. The quantitative estimate of drug-likeness (QED) is 0.828. The smallest absolute Gasteiger partial charge is 0.272 e. The van der Waals surface area contributed by atoms with Crippen LogP contribution in [0.1, 0.15) is 51.0 Å². The van der Waals surface area contributed by atoms with Crippen molar-refractivity contribution in [3.63, 3.8) is 0 Å². The van der Waals surface area contributed by atoms with Crippen LogP contribution in [0.3, 0.4) is 0 Å². The van der Waals surface area contributed by atoms with Gasteiger partial charge >= 0.3 is 0 Å². The first-order valence-electron chi connectivity index (χ1n) is 7.83. The Kier molecular flexibility index (Phi) is 4.20. The molecule has 1 fully saturated rings. The van der Waals surface area contributed by atoms with Gasteiger partial charge in [0.2, 0.25) is 0 Å². The lowest BCUT2D eigenvalue weighted by atomic mass is 10.2. The summed E-state index contributed by atoms with van der Waals surface area (Å²) in [7, 11) is 1.71. The molecular weight excluding hydrogens is 306 g/mol. The number of hydrogen-bond donors (Lipinski definition) is 2. The maximum Gasteiger partial charge on any atom is 0.272 e. The number of rotatable bonds is 5. The summed E-state index contributed by atoms with van der Waals surface area (Å²) in [6.07, 6.45) is 3.67. The number of nitrogens with one attached hydrogen (secondary N) is 2. The van der Waals surface area contributed by atoms with Crippen LogP contribution in [-0.4, -0.2) is 28.2 Å². The second kappa shape index (κ2) is 6.31. The first kappa shape index (κ1) is 16.0. The van der Waals surface area contributed by atoms with Gasteiger partial charge in [0.15, 0.2) is 5.78 Å². The highest BCUT2D eigenvalue weighted by molar-refractivity contribution is 6.06. The molecule has 1 aliphatic rings. The zero-order valence-electron chi connectivity index (χ0n) is 13.6. The highest BCUT2D eigenvalue weighted by Gasteiger charge is 2.24. The SMILES string of the molecule is CC(=O)c1cc(C(=O)Nc2cccc(C(=O)NC3CC3)c2)n(C)c1. The maximum atomic E-state index is 12.4. The molecule has 1 heterocycles. The molecule has 1 saturated carbocycles. The molecule has 0 unspecified atom stereocenters. The van der Waals surface area contributed by atoms with E-state index in [4.69, 9.17) is 0 Å². The fourth-order valence-electron chi connectivity index (χ4n) is 2.41. The van der Waals surface area contributed by atoms with Crippen molar-refractivity contribution in [2.24, 2.45) is 7.05 Å². The largest absolute Gasteiger partial charge is 0.349 e. The summed E-state index contributed by atoms with van der Waals surface area (Å²) in [4.78, 5) is 35.9. The lowest BCUT2D eigenvalue weighted by Gasteiger charge is -2.08. The number of Topliss-reactive ketones (excluding diaryl/α,β-unsaturated/α-hetero) is 1. The van der Waals surface area contributed by atoms with Crippen molar-refractivity contribution in [3.05, 3.63) is 53.3 Å².